The van der Waals surface area contributed by atoms with Gasteiger partial charge in [-0.05, 0) is 86.2 Å². The van der Waals surface area contributed by atoms with Crippen LogP contribution in [0, 0.1) is 0 Å². The fourth-order valence-corrected chi connectivity index (χ4v) is 5.38. The number of nitrogens with one attached hydrogen (secondary N) is 2. The van der Waals surface area contributed by atoms with Gasteiger partial charge in [0.1, 0.15) is 18.0 Å². The average molecular weight is 525 g/mol. The molecule has 1 unspecified atom stereocenters. The van der Waals surface area contributed by atoms with E-state index in [1.807, 2.05) is 12.1 Å². The van der Waals surface area contributed by atoms with Gasteiger partial charge in [-0.2, -0.15) is 0 Å². The van der Waals surface area contributed by atoms with Gasteiger partial charge in [0.15, 0.2) is 0 Å². The van der Waals surface area contributed by atoms with E-state index in [4.69, 9.17) is 16.3 Å². The van der Waals surface area contributed by atoms with Crippen molar-refractivity contribution in [3.05, 3.63) is 58.2 Å². The first-order valence-electron chi connectivity index (χ1n) is 12.4. The first kappa shape index (κ1) is 26.5. The van der Waals surface area contributed by atoms with Crippen molar-refractivity contribution in [2.45, 2.75) is 52.0 Å². The van der Waals surface area contributed by atoms with Gasteiger partial charge >= 0.3 is 6.03 Å². The minimum absolute atomic E-state index is 0.00796. The van der Waals surface area contributed by atoms with Crippen LogP contribution in [0.15, 0.2) is 42.1 Å². The van der Waals surface area contributed by atoms with Crippen LogP contribution in [0.4, 0.5) is 16.2 Å². The number of nitrogens with zero attached hydrogens (tertiary/aromatic N) is 2. The van der Waals surface area contributed by atoms with Crippen molar-refractivity contribution in [3.63, 3.8) is 0 Å². The van der Waals surface area contributed by atoms with Crippen molar-refractivity contribution in [1.82, 2.24) is 10.2 Å². The van der Waals surface area contributed by atoms with Crippen molar-refractivity contribution in [1.29, 1.82) is 0 Å². The van der Waals surface area contributed by atoms with Gasteiger partial charge in [-0.25, -0.2) is 9.69 Å². The highest BCUT2D eigenvalue weighted by Gasteiger charge is 2.37. The molecule has 1 saturated heterocycles. The zero-order valence-electron chi connectivity index (χ0n) is 21.9. The summed E-state index contributed by atoms with van der Waals surface area (Å²) in [7, 11) is 1.55. The third-order valence-electron chi connectivity index (χ3n) is 6.89. The van der Waals surface area contributed by atoms with E-state index >= 15 is 0 Å². The minimum atomic E-state index is -0.653. The number of imide groups is 1. The molecule has 37 heavy (non-hydrogen) atoms. The molecule has 0 aliphatic carbocycles. The molecule has 0 saturated carbocycles. The number of methoxy groups -OCH3 is 1. The number of urea groups is 1. The Morgan fingerprint density at radius 2 is 1.95 bits per heavy atom. The van der Waals surface area contributed by atoms with E-state index < -0.39 is 24.4 Å². The van der Waals surface area contributed by atoms with Gasteiger partial charge in [0.2, 0.25) is 5.91 Å². The van der Waals surface area contributed by atoms with Gasteiger partial charge in [-0.15, -0.1) is 0 Å². The van der Waals surface area contributed by atoms with Gasteiger partial charge in [-0.3, -0.25) is 9.59 Å². The highest BCUT2D eigenvalue weighted by atomic mass is 35.5. The number of ether oxygens (including phenoxy) is 1. The summed E-state index contributed by atoms with van der Waals surface area (Å²) >= 11 is 6.68. The predicted octanol–water partition coefficient (Wildman–Crippen LogP) is 5.38. The lowest BCUT2D eigenvalue weighted by Gasteiger charge is -2.47. The number of halogens is 1. The standard InChI is InChI=1S/C28H33ClN4O4/c1-6-11-33-24-14-22(29)18(12-21(24)17(2)15-28(33,3)4)13-23-26(35)32(27(36)31-23)16-25(34)30-19-7-9-20(37-5)10-8-19/h7-10,12-14,17H,6,11,15-16H2,1-5H3,(H,30,34)(H,31,36)/b23-13+. The molecule has 0 bridgehead atoms. The number of hydrogen-bond donors (Lipinski definition) is 2. The second kappa shape index (κ2) is 10.5. The number of fused-ring (bicyclic) bond motifs is 1. The first-order valence-corrected chi connectivity index (χ1v) is 12.8. The van der Waals surface area contributed by atoms with Crippen LogP contribution in [0.25, 0.3) is 6.08 Å². The molecule has 2 N–H and O–H groups in total. The van der Waals surface area contributed by atoms with E-state index in [1.165, 1.54) is 0 Å². The molecule has 2 aromatic carbocycles. The molecule has 2 aromatic rings. The average Bonchev–Trinajstić information content (AvgIpc) is 3.10. The van der Waals surface area contributed by atoms with Crippen molar-refractivity contribution >= 4 is 46.9 Å². The zero-order valence-corrected chi connectivity index (χ0v) is 22.6. The molecule has 9 heteroatoms. The summed E-state index contributed by atoms with van der Waals surface area (Å²) in [6, 6.07) is 10.1. The van der Waals surface area contributed by atoms with Crippen LogP contribution in [0.1, 0.15) is 57.6 Å². The summed E-state index contributed by atoms with van der Waals surface area (Å²) in [6.07, 6.45) is 3.59. The minimum Gasteiger partial charge on any atom is -0.497 e. The molecule has 2 aliphatic heterocycles. The van der Waals surface area contributed by atoms with Gasteiger partial charge in [-0.1, -0.05) is 25.4 Å². The molecule has 4 rings (SSSR count). The number of rotatable bonds is 7. The molecule has 0 aromatic heterocycles. The van der Waals surface area contributed by atoms with Gasteiger partial charge < -0.3 is 20.3 Å². The monoisotopic (exact) mass is 524 g/mol. The van der Waals surface area contributed by atoms with Crippen molar-refractivity contribution < 1.29 is 19.1 Å². The zero-order chi connectivity index (χ0) is 26.9. The summed E-state index contributed by atoms with van der Waals surface area (Å²) in [5, 5.41) is 5.76. The maximum atomic E-state index is 13.0. The Bertz CT molecular complexity index is 1260. The number of carbonyl (C=O) groups excluding carboxylic acids is 3. The third-order valence-corrected chi connectivity index (χ3v) is 7.22. The van der Waals surface area contributed by atoms with E-state index in [-0.39, 0.29) is 11.2 Å². The van der Waals surface area contributed by atoms with E-state index in [0.29, 0.717) is 27.9 Å². The summed E-state index contributed by atoms with van der Waals surface area (Å²) in [6.45, 7) is 9.36. The maximum absolute atomic E-state index is 13.0. The van der Waals surface area contributed by atoms with E-state index in [2.05, 4.69) is 43.2 Å². The molecular weight excluding hydrogens is 492 g/mol. The summed E-state index contributed by atoms with van der Waals surface area (Å²) in [5.41, 5.74) is 3.54. The largest absolute Gasteiger partial charge is 0.497 e. The molecule has 1 atom stereocenters. The van der Waals surface area contributed by atoms with Gasteiger partial charge in [0, 0.05) is 28.5 Å². The summed E-state index contributed by atoms with van der Waals surface area (Å²) in [4.78, 5) is 41.3. The smallest absolute Gasteiger partial charge is 0.329 e. The van der Waals surface area contributed by atoms with E-state index in [9.17, 15) is 14.4 Å². The number of benzene rings is 2. The highest BCUT2D eigenvalue weighted by Crippen LogP contribution is 2.45. The highest BCUT2D eigenvalue weighted by molar-refractivity contribution is 6.32. The Morgan fingerprint density at radius 3 is 2.59 bits per heavy atom. The van der Waals surface area contributed by atoms with Crippen LogP contribution < -0.4 is 20.3 Å². The van der Waals surface area contributed by atoms with Crippen LogP contribution in [0.2, 0.25) is 5.02 Å². The number of anilines is 2. The van der Waals surface area contributed by atoms with E-state index in [0.717, 1.165) is 35.5 Å². The number of amides is 4. The molecule has 1 fully saturated rings. The Labute approximate surface area is 222 Å². The lowest BCUT2D eigenvalue weighted by Crippen LogP contribution is -2.48. The van der Waals surface area contributed by atoms with Crippen molar-refractivity contribution in [3.8, 4) is 5.75 Å². The van der Waals surface area contributed by atoms with Crippen LogP contribution in [-0.4, -0.2) is 48.5 Å². The third kappa shape index (κ3) is 5.44. The normalized spacial score (nSPS) is 19.6. The summed E-state index contributed by atoms with van der Waals surface area (Å²) in [5.74, 6) is -0.113. The van der Waals surface area contributed by atoms with Crippen molar-refractivity contribution in [2.24, 2.45) is 0 Å². The molecule has 0 spiro atoms. The number of hydrogen-bond acceptors (Lipinski definition) is 5. The van der Waals surface area contributed by atoms with Crippen LogP contribution in [-0.2, 0) is 9.59 Å². The van der Waals surface area contributed by atoms with Crippen molar-refractivity contribution in [2.75, 3.05) is 30.4 Å². The lowest BCUT2D eigenvalue weighted by atomic mass is 9.79. The second-order valence-electron chi connectivity index (χ2n) is 10.2. The Kier molecular flexibility index (Phi) is 7.50. The Balaban J connectivity index is 1.53. The fraction of sp³-hybridized carbons (Fsp3) is 0.393. The second-order valence-corrected chi connectivity index (χ2v) is 10.6. The molecule has 0 radical (unpaired) electrons. The lowest BCUT2D eigenvalue weighted by molar-refractivity contribution is -0.127. The van der Waals surface area contributed by atoms with Crippen LogP contribution in [0.5, 0.6) is 5.75 Å². The molecule has 2 aliphatic rings. The Morgan fingerprint density at radius 1 is 1.24 bits per heavy atom. The SMILES string of the molecule is CCCN1c2cc(Cl)c(/C=C3/NC(=O)N(CC(=O)Nc4ccc(OC)cc4)C3=O)cc2C(C)CC1(C)C. The Hall–Kier alpha value is -3.52. The van der Waals surface area contributed by atoms with Crippen LogP contribution in [0.3, 0.4) is 0 Å². The quantitative estimate of drug-likeness (QED) is 0.375. The van der Waals surface area contributed by atoms with Gasteiger partial charge in [0.25, 0.3) is 5.91 Å². The topological polar surface area (TPSA) is 91.0 Å². The predicted molar refractivity (Wildman–Crippen MR) is 146 cm³/mol. The van der Waals surface area contributed by atoms with Crippen LogP contribution >= 0.6 is 11.6 Å². The molecule has 4 amide bonds. The van der Waals surface area contributed by atoms with Gasteiger partial charge in [0.05, 0.1) is 7.11 Å². The van der Waals surface area contributed by atoms with E-state index in [1.54, 1.807) is 37.5 Å². The summed E-state index contributed by atoms with van der Waals surface area (Å²) < 4.78 is 5.10. The maximum Gasteiger partial charge on any atom is 0.329 e. The molecule has 8 nitrogen and oxygen atoms in total. The molecule has 196 valence electrons. The molecule has 2 heterocycles. The fourth-order valence-electron chi connectivity index (χ4n) is 5.17. The molecular formula is C28H33ClN4O4. The number of carbonyl (C=O) groups is 3. The first-order chi connectivity index (χ1) is 17.5.